The minimum absolute atomic E-state index is 0.208. The van der Waals surface area contributed by atoms with E-state index in [-0.39, 0.29) is 11.8 Å². The Kier molecular flexibility index (Phi) is 5.95. The number of likely N-dealkylation sites (tertiary alicyclic amines) is 1. The Morgan fingerprint density at radius 1 is 0.786 bits per heavy atom. The average Bonchev–Trinajstić information content (AvgIpc) is 3.16. The number of nitrogens with zero attached hydrogens (tertiary/aromatic N) is 4. The summed E-state index contributed by atoms with van der Waals surface area (Å²) >= 11 is 0. The molecule has 150 valence electrons. The van der Waals surface area contributed by atoms with Crippen LogP contribution in [-0.4, -0.2) is 76.9 Å². The van der Waals surface area contributed by atoms with Crippen LogP contribution >= 0.6 is 0 Å². The third-order valence-electron chi connectivity index (χ3n) is 6.04. The molecule has 0 N–H and O–H groups in total. The lowest BCUT2D eigenvalue weighted by Gasteiger charge is -2.36. The molecule has 4 rings (SSSR count). The number of piperidine rings is 1. The number of piperazine rings is 1. The van der Waals surface area contributed by atoms with Gasteiger partial charge in [-0.3, -0.25) is 14.5 Å². The highest BCUT2D eigenvalue weighted by Crippen LogP contribution is 2.16. The molecule has 6 heteroatoms. The van der Waals surface area contributed by atoms with Gasteiger partial charge in [0.2, 0.25) is 11.8 Å². The molecule has 0 saturated carbocycles. The standard InChI is InChI=1S/C22H30N4O2/c27-21(9-13-24-12-8-19-6-2-3-7-20(19)24)26-16-14-23(15-17-26)18-22(28)25-10-4-1-5-11-25/h2-3,6-8,12H,1,4-5,9-11,13-18H2. The first-order valence-electron chi connectivity index (χ1n) is 10.5. The molecule has 0 unspecified atom stereocenters. The molecule has 2 saturated heterocycles. The molecule has 0 aliphatic carbocycles. The van der Waals surface area contributed by atoms with E-state index in [4.69, 9.17) is 0 Å². The summed E-state index contributed by atoms with van der Waals surface area (Å²) in [6, 6.07) is 10.4. The highest BCUT2D eigenvalue weighted by Gasteiger charge is 2.24. The number of carbonyl (C=O) groups is 2. The molecule has 0 spiro atoms. The molecule has 3 heterocycles. The molecule has 2 aromatic rings. The minimum atomic E-state index is 0.208. The minimum Gasteiger partial charge on any atom is -0.347 e. The molecule has 2 aliphatic rings. The molecule has 0 bridgehead atoms. The van der Waals surface area contributed by atoms with Crippen LogP contribution in [-0.2, 0) is 16.1 Å². The van der Waals surface area contributed by atoms with Crippen molar-refractivity contribution in [3.63, 3.8) is 0 Å². The first-order chi connectivity index (χ1) is 13.7. The van der Waals surface area contributed by atoms with Crippen molar-refractivity contribution >= 4 is 22.7 Å². The summed E-state index contributed by atoms with van der Waals surface area (Å²) in [4.78, 5) is 31.2. The average molecular weight is 383 g/mol. The van der Waals surface area contributed by atoms with Crippen molar-refractivity contribution in [1.82, 2.24) is 19.3 Å². The number of aryl methyl sites for hydroxylation is 1. The molecule has 0 atom stereocenters. The van der Waals surface area contributed by atoms with Crippen molar-refractivity contribution < 1.29 is 9.59 Å². The lowest BCUT2D eigenvalue weighted by Crippen LogP contribution is -2.52. The van der Waals surface area contributed by atoms with Crippen LogP contribution in [0.5, 0.6) is 0 Å². The fourth-order valence-electron chi connectivity index (χ4n) is 4.30. The summed E-state index contributed by atoms with van der Waals surface area (Å²) in [5, 5.41) is 1.21. The van der Waals surface area contributed by atoms with Crippen LogP contribution in [0.1, 0.15) is 25.7 Å². The van der Waals surface area contributed by atoms with E-state index in [9.17, 15) is 9.59 Å². The van der Waals surface area contributed by atoms with Crippen LogP contribution in [0.25, 0.3) is 10.9 Å². The predicted molar refractivity (Wildman–Crippen MR) is 110 cm³/mol. The van der Waals surface area contributed by atoms with Gasteiger partial charge in [-0.15, -0.1) is 0 Å². The number of hydrogen-bond donors (Lipinski definition) is 0. The number of benzene rings is 1. The van der Waals surface area contributed by atoms with Crippen molar-refractivity contribution in [2.45, 2.75) is 32.2 Å². The van der Waals surface area contributed by atoms with E-state index < -0.39 is 0 Å². The summed E-state index contributed by atoms with van der Waals surface area (Å²) in [5.41, 5.74) is 1.18. The fourth-order valence-corrected chi connectivity index (χ4v) is 4.30. The Morgan fingerprint density at radius 2 is 1.50 bits per heavy atom. The van der Waals surface area contributed by atoms with Gasteiger partial charge in [-0.05, 0) is 36.8 Å². The Morgan fingerprint density at radius 3 is 2.29 bits per heavy atom. The van der Waals surface area contributed by atoms with E-state index in [2.05, 4.69) is 33.9 Å². The van der Waals surface area contributed by atoms with Crippen molar-refractivity contribution in [2.24, 2.45) is 0 Å². The van der Waals surface area contributed by atoms with Gasteiger partial charge in [0.1, 0.15) is 0 Å². The first kappa shape index (κ1) is 19.0. The predicted octanol–water partition coefficient (Wildman–Crippen LogP) is 2.19. The van der Waals surface area contributed by atoms with Gasteiger partial charge < -0.3 is 14.4 Å². The number of carbonyl (C=O) groups excluding carboxylic acids is 2. The smallest absolute Gasteiger partial charge is 0.236 e. The second-order valence-corrected chi connectivity index (χ2v) is 7.92. The lowest BCUT2D eigenvalue weighted by atomic mass is 10.1. The van der Waals surface area contributed by atoms with Crippen LogP contribution < -0.4 is 0 Å². The van der Waals surface area contributed by atoms with E-state index >= 15 is 0 Å². The van der Waals surface area contributed by atoms with E-state index in [0.29, 0.717) is 19.5 Å². The second-order valence-electron chi connectivity index (χ2n) is 7.92. The highest BCUT2D eigenvalue weighted by molar-refractivity contribution is 5.81. The number of amides is 2. The molecule has 1 aromatic heterocycles. The van der Waals surface area contributed by atoms with E-state index in [1.165, 1.54) is 17.3 Å². The topological polar surface area (TPSA) is 48.8 Å². The van der Waals surface area contributed by atoms with Gasteiger partial charge in [-0.25, -0.2) is 0 Å². The third-order valence-corrected chi connectivity index (χ3v) is 6.04. The maximum Gasteiger partial charge on any atom is 0.236 e. The maximum atomic E-state index is 12.6. The van der Waals surface area contributed by atoms with Crippen molar-refractivity contribution in [2.75, 3.05) is 45.8 Å². The Bertz CT molecular complexity index is 817. The Hall–Kier alpha value is -2.34. The Labute approximate surface area is 166 Å². The number of hydrogen-bond acceptors (Lipinski definition) is 3. The largest absolute Gasteiger partial charge is 0.347 e. The summed E-state index contributed by atoms with van der Waals surface area (Å²) in [6.07, 6.45) is 6.08. The van der Waals surface area contributed by atoms with Crippen LogP contribution in [0.4, 0.5) is 0 Å². The highest BCUT2D eigenvalue weighted by atomic mass is 16.2. The van der Waals surface area contributed by atoms with Gasteiger partial charge in [-0.1, -0.05) is 18.2 Å². The van der Waals surface area contributed by atoms with Gasteiger partial charge in [0.25, 0.3) is 0 Å². The van der Waals surface area contributed by atoms with Crippen LogP contribution in [0.2, 0.25) is 0 Å². The molecule has 6 nitrogen and oxygen atoms in total. The number of fused-ring (bicyclic) bond motifs is 1. The van der Waals surface area contributed by atoms with Crippen molar-refractivity contribution in [3.05, 3.63) is 36.5 Å². The fraction of sp³-hybridized carbons (Fsp3) is 0.545. The number of aromatic nitrogens is 1. The van der Waals surface area contributed by atoms with Crippen LogP contribution in [0, 0.1) is 0 Å². The molecule has 2 fully saturated rings. The number of para-hydroxylation sites is 1. The van der Waals surface area contributed by atoms with Gasteiger partial charge in [0.15, 0.2) is 0 Å². The summed E-state index contributed by atoms with van der Waals surface area (Å²) in [5.74, 6) is 0.457. The Balaban J connectivity index is 1.22. The SMILES string of the molecule is O=C(CCn1ccc2ccccc21)N1CCN(CC(=O)N2CCCCC2)CC1. The molecule has 0 radical (unpaired) electrons. The van der Waals surface area contributed by atoms with Gasteiger partial charge >= 0.3 is 0 Å². The number of rotatable bonds is 5. The summed E-state index contributed by atoms with van der Waals surface area (Å²) in [6.45, 7) is 6.04. The van der Waals surface area contributed by atoms with Gasteiger partial charge in [0.05, 0.1) is 6.54 Å². The second kappa shape index (κ2) is 8.78. The maximum absolute atomic E-state index is 12.6. The van der Waals surface area contributed by atoms with Crippen LogP contribution in [0.15, 0.2) is 36.5 Å². The summed E-state index contributed by atoms with van der Waals surface area (Å²) in [7, 11) is 0. The van der Waals surface area contributed by atoms with E-state index in [1.54, 1.807) is 0 Å². The van der Waals surface area contributed by atoms with Gasteiger partial charge in [0, 0.05) is 63.9 Å². The normalized spacial score (nSPS) is 18.6. The molecular weight excluding hydrogens is 352 g/mol. The molecule has 1 aromatic carbocycles. The quantitative estimate of drug-likeness (QED) is 0.797. The monoisotopic (exact) mass is 382 g/mol. The van der Waals surface area contributed by atoms with Gasteiger partial charge in [-0.2, -0.15) is 0 Å². The zero-order valence-electron chi connectivity index (χ0n) is 16.6. The first-order valence-corrected chi connectivity index (χ1v) is 10.5. The molecule has 2 aliphatic heterocycles. The van der Waals surface area contributed by atoms with Crippen molar-refractivity contribution in [3.8, 4) is 0 Å². The molecular formula is C22H30N4O2. The zero-order chi connectivity index (χ0) is 19.3. The zero-order valence-corrected chi connectivity index (χ0v) is 16.6. The van der Waals surface area contributed by atoms with E-state index in [1.807, 2.05) is 21.9 Å². The van der Waals surface area contributed by atoms with E-state index in [0.717, 1.165) is 52.1 Å². The third kappa shape index (κ3) is 4.38. The van der Waals surface area contributed by atoms with Crippen LogP contribution in [0.3, 0.4) is 0 Å². The molecule has 28 heavy (non-hydrogen) atoms. The summed E-state index contributed by atoms with van der Waals surface area (Å²) < 4.78 is 2.15. The molecule has 2 amide bonds. The van der Waals surface area contributed by atoms with Crippen molar-refractivity contribution in [1.29, 1.82) is 0 Å². The lowest BCUT2D eigenvalue weighted by molar-refractivity contribution is -0.135.